The number of carbonyl (C=O) groups is 2. The summed E-state index contributed by atoms with van der Waals surface area (Å²) in [6.07, 6.45) is 71.9. The van der Waals surface area contributed by atoms with Gasteiger partial charge in [0.1, 0.15) is 0 Å². The van der Waals surface area contributed by atoms with Crippen molar-refractivity contribution in [2.45, 2.75) is 353 Å². The van der Waals surface area contributed by atoms with Crippen molar-refractivity contribution >= 4 is 11.9 Å². The van der Waals surface area contributed by atoms with Crippen LogP contribution in [0.3, 0.4) is 0 Å². The zero-order chi connectivity index (χ0) is 50.0. The highest BCUT2D eigenvalue weighted by Crippen LogP contribution is 2.18. The van der Waals surface area contributed by atoms with Gasteiger partial charge in [0.15, 0.2) is 0 Å². The zero-order valence-corrected chi connectivity index (χ0v) is 46.6. The number of amides is 1. The third-order valence-corrected chi connectivity index (χ3v) is 14.5. The van der Waals surface area contributed by atoms with Gasteiger partial charge in [0, 0.05) is 12.8 Å². The van der Waals surface area contributed by atoms with Gasteiger partial charge in [-0.2, -0.15) is 0 Å². The Hall–Kier alpha value is -1.66. The van der Waals surface area contributed by atoms with E-state index in [1.807, 2.05) is 0 Å². The number of allylic oxidation sites excluding steroid dienone is 4. The van der Waals surface area contributed by atoms with E-state index in [4.69, 9.17) is 4.74 Å². The molecule has 0 fully saturated rings. The molecule has 0 heterocycles. The third-order valence-electron chi connectivity index (χ3n) is 14.5. The molecule has 408 valence electrons. The Morgan fingerprint density at radius 3 is 1.16 bits per heavy atom. The number of esters is 1. The Morgan fingerprint density at radius 1 is 0.406 bits per heavy atom. The summed E-state index contributed by atoms with van der Waals surface area (Å²) in [7, 11) is 0. The van der Waals surface area contributed by atoms with Crippen LogP contribution in [-0.4, -0.2) is 47.4 Å². The summed E-state index contributed by atoms with van der Waals surface area (Å²) in [4.78, 5) is 24.5. The summed E-state index contributed by atoms with van der Waals surface area (Å²) in [6, 6.07) is -0.539. The normalized spacial score (nSPS) is 12.7. The van der Waals surface area contributed by atoms with Crippen LogP contribution in [0.15, 0.2) is 24.3 Å². The van der Waals surface area contributed by atoms with E-state index in [0.717, 1.165) is 51.4 Å². The molecule has 6 heteroatoms. The fraction of sp³-hybridized carbons (Fsp3) is 0.905. The summed E-state index contributed by atoms with van der Waals surface area (Å²) in [5, 5.41) is 23.3. The molecule has 0 saturated carbocycles. The molecular formula is C63H121NO5. The summed E-state index contributed by atoms with van der Waals surface area (Å²) in [5.41, 5.74) is 0. The van der Waals surface area contributed by atoms with Crippen molar-refractivity contribution < 1.29 is 24.5 Å². The molecule has 1 amide bonds. The summed E-state index contributed by atoms with van der Waals surface area (Å²) >= 11 is 0. The van der Waals surface area contributed by atoms with E-state index in [0.29, 0.717) is 25.9 Å². The molecule has 2 atom stereocenters. The van der Waals surface area contributed by atoms with Crippen LogP contribution in [0.1, 0.15) is 341 Å². The lowest BCUT2D eigenvalue weighted by Crippen LogP contribution is -2.45. The molecule has 0 aliphatic rings. The number of unbranched alkanes of at least 4 members (excludes halogenated alkanes) is 43. The van der Waals surface area contributed by atoms with Gasteiger partial charge in [-0.25, -0.2) is 0 Å². The fourth-order valence-electron chi connectivity index (χ4n) is 9.74. The van der Waals surface area contributed by atoms with Crippen molar-refractivity contribution in [3.8, 4) is 0 Å². The number of ether oxygens (including phenoxy) is 1. The van der Waals surface area contributed by atoms with Crippen LogP contribution < -0.4 is 5.32 Å². The molecule has 0 radical (unpaired) electrons. The highest BCUT2D eigenvalue weighted by atomic mass is 16.5. The average molecular weight is 973 g/mol. The van der Waals surface area contributed by atoms with Crippen LogP contribution in [0.5, 0.6) is 0 Å². The first-order chi connectivity index (χ1) is 34.0. The molecule has 0 aliphatic heterocycles. The van der Waals surface area contributed by atoms with E-state index < -0.39 is 12.1 Å². The number of carbonyl (C=O) groups excluding carboxylic acids is 2. The van der Waals surface area contributed by atoms with Gasteiger partial charge in [0.2, 0.25) is 5.91 Å². The molecule has 0 aromatic carbocycles. The van der Waals surface area contributed by atoms with Crippen molar-refractivity contribution in [1.29, 1.82) is 0 Å². The standard InChI is InChI=1S/C63H121NO5/c1-3-5-7-9-11-13-15-17-32-35-39-43-47-51-55-61(66)60(59-65)64-62(67)56-52-48-44-40-36-33-29-27-25-23-21-19-18-20-22-24-26-28-30-34-38-42-46-50-54-58-69-63(68)57-53-49-45-41-37-31-16-14-12-10-8-6-4-2/h8,10,14,16,60-61,65-66H,3-7,9,11-13,15,17-59H2,1-2H3,(H,64,67)/b10-8-,16-14-. The second-order valence-corrected chi connectivity index (χ2v) is 21.4. The molecule has 0 spiro atoms. The van der Waals surface area contributed by atoms with E-state index in [9.17, 15) is 19.8 Å². The number of aliphatic hydroxyl groups is 2. The highest BCUT2D eigenvalue weighted by molar-refractivity contribution is 5.76. The second kappa shape index (κ2) is 58.9. The van der Waals surface area contributed by atoms with Crippen molar-refractivity contribution in [2.75, 3.05) is 13.2 Å². The number of nitrogens with one attached hydrogen (secondary N) is 1. The van der Waals surface area contributed by atoms with Crippen LogP contribution in [0.2, 0.25) is 0 Å². The SMILES string of the molecule is CCC/C=C\C/C=C\CCCCCCCC(=O)OCCCCCCCCCCCCCCCCCCCCCCCCCCCC(=O)NC(CO)C(O)CCCCCCCCCCCCCCCC. The zero-order valence-electron chi connectivity index (χ0n) is 46.6. The second-order valence-electron chi connectivity index (χ2n) is 21.4. The molecule has 2 unspecified atom stereocenters. The van der Waals surface area contributed by atoms with Gasteiger partial charge < -0.3 is 20.3 Å². The lowest BCUT2D eigenvalue weighted by atomic mass is 10.0. The van der Waals surface area contributed by atoms with Gasteiger partial charge in [-0.15, -0.1) is 0 Å². The lowest BCUT2D eigenvalue weighted by Gasteiger charge is -2.22. The lowest BCUT2D eigenvalue weighted by molar-refractivity contribution is -0.143. The summed E-state index contributed by atoms with van der Waals surface area (Å²) in [6.45, 7) is 4.90. The molecule has 0 aliphatic carbocycles. The Morgan fingerprint density at radius 2 is 0.754 bits per heavy atom. The highest BCUT2D eigenvalue weighted by Gasteiger charge is 2.20. The van der Waals surface area contributed by atoms with Crippen LogP contribution in [0, 0.1) is 0 Å². The molecule has 3 N–H and O–H groups in total. The Bertz CT molecular complexity index is 1080. The van der Waals surface area contributed by atoms with Crippen LogP contribution in [0.25, 0.3) is 0 Å². The van der Waals surface area contributed by atoms with Gasteiger partial charge in [-0.1, -0.05) is 301 Å². The third kappa shape index (κ3) is 55.5. The Labute approximate surface area is 431 Å². The van der Waals surface area contributed by atoms with Gasteiger partial charge in [-0.05, 0) is 51.4 Å². The minimum Gasteiger partial charge on any atom is -0.466 e. The minimum atomic E-state index is -0.662. The van der Waals surface area contributed by atoms with E-state index in [-0.39, 0.29) is 18.5 Å². The molecule has 0 bridgehead atoms. The smallest absolute Gasteiger partial charge is 0.305 e. The summed E-state index contributed by atoms with van der Waals surface area (Å²) in [5.74, 6) is -0.0304. The van der Waals surface area contributed by atoms with Crippen molar-refractivity contribution in [1.82, 2.24) is 5.32 Å². The molecular weight excluding hydrogens is 851 g/mol. The van der Waals surface area contributed by atoms with E-state index >= 15 is 0 Å². The predicted octanol–water partition coefficient (Wildman–Crippen LogP) is 19.4. The first kappa shape index (κ1) is 67.3. The van der Waals surface area contributed by atoms with E-state index in [1.54, 1.807) is 0 Å². The quantitative estimate of drug-likeness (QED) is 0.0321. The maximum atomic E-state index is 12.5. The van der Waals surface area contributed by atoms with Gasteiger partial charge in [-0.3, -0.25) is 9.59 Å². The molecule has 0 aromatic heterocycles. The number of hydrogen-bond donors (Lipinski definition) is 3. The largest absolute Gasteiger partial charge is 0.466 e. The first-order valence-electron chi connectivity index (χ1n) is 31.1. The fourth-order valence-corrected chi connectivity index (χ4v) is 9.74. The molecule has 0 aromatic rings. The average Bonchev–Trinajstić information content (AvgIpc) is 3.35. The minimum absolute atomic E-state index is 0.00128. The van der Waals surface area contributed by atoms with Gasteiger partial charge >= 0.3 is 5.97 Å². The first-order valence-corrected chi connectivity index (χ1v) is 31.1. The molecule has 0 rings (SSSR count). The van der Waals surface area contributed by atoms with Crippen molar-refractivity contribution in [3.63, 3.8) is 0 Å². The van der Waals surface area contributed by atoms with Gasteiger partial charge in [0.05, 0.1) is 25.4 Å². The van der Waals surface area contributed by atoms with Crippen LogP contribution in [-0.2, 0) is 14.3 Å². The maximum absolute atomic E-state index is 12.5. The summed E-state index contributed by atoms with van der Waals surface area (Å²) < 4.78 is 5.47. The molecule has 6 nitrogen and oxygen atoms in total. The van der Waals surface area contributed by atoms with Gasteiger partial charge in [0.25, 0.3) is 0 Å². The topological polar surface area (TPSA) is 95.9 Å². The molecule has 69 heavy (non-hydrogen) atoms. The Kier molecular flexibility index (Phi) is 57.5. The van der Waals surface area contributed by atoms with E-state index in [1.165, 1.54) is 257 Å². The number of aliphatic hydroxyl groups excluding tert-OH is 2. The monoisotopic (exact) mass is 972 g/mol. The van der Waals surface area contributed by atoms with E-state index in [2.05, 4.69) is 43.5 Å². The predicted molar refractivity (Wildman–Crippen MR) is 301 cm³/mol. The van der Waals surface area contributed by atoms with Crippen molar-refractivity contribution in [3.05, 3.63) is 24.3 Å². The Balaban J connectivity index is 3.35. The number of hydrogen-bond acceptors (Lipinski definition) is 5. The van der Waals surface area contributed by atoms with Crippen LogP contribution in [0.4, 0.5) is 0 Å². The number of rotatable bonds is 58. The molecule has 0 saturated heterocycles. The van der Waals surface area contributed by atoms with Crippen LogP contribution >= 0.6 is 0 Å². The van der Waals surface area contributed by atoms with Crippen molar-refractivity contribution in [2.24, 2.45) is 0 Å². The maximum Gasteiger partial charge on any atom is 0.305 e.